The zero-order chi connectivity index (χ0) is 17.9. The molecule has 144 valence electrons. The van der Waals surface area contributed by atoms with Gasteiger partial charge in [-0.1, -0.05) is 85.1 Å². The summed E-state index contributed by atoms with van der Waals surface area (Å²) in [6, 6.07) is 0. The van der Waals surface area contributed by atoms with Crippen molar-refractivity contribution in [3.8, 4) is 0 Å². The Hall–Kier alpha value is -0.300. The molecule has 0 aromatic heterocycles. The van der Waals surface area contributed by atoms with E-state index in [-0.39, 0.29) is 0 Å². The second kappa shape index (κ2) is 17.5. The molecule has 0 unspecified atom stereocenters. The summed E-state index contributed by atoms with van der Waals surface area (Å²) in [7, 11) is 0. The highest BCUT2D eigenvalue weighted by molar-refractivity contribution is 4.67. The highest BCUT2D eigenvalue weighted by atomic mass is 15.3. The predicted octanol–water partition coefficient (Wildman–Crippen LogP) is 7.51. The first-order valence-electron chi connectivity index (χ1n) is 11.2. The van der Waals surface area contributed by atoms with Crippen molar-refractivity contribution in [1.29, 1.82) is 0 Å². The van der Waals surface area contributed by atoms with Gasteiger partial charge in [-0.3, -0.25) is 0 Å². The summed E-state index contributed by atoms with van der Waals surface area (Å²) in [5.74, 6) is 0. The van der Waals surface area contributed by atoms with Crippen LogP contribution in [0.15, 0.2) is 12.7 Å². The Morgan fingerprint density at radius 1 is 0.542 bits per heavy atom. The van der Waals surface area contributed by atoms with Crippen LogP contribution in [0.1, 0.15) is 111 Å². The van der Waals surface area contributed by atoms with Crippen LogP contribution in [0.4, 0.5) is 0 Å². The van der Waals surface area contributed by atoms with Crippen LogP contribution in [0.5, 0.6) is 0 Å². The topological polar surface area (TPSA) is 0 Å². The smallest absolute Gasteiger partial charge is 0.0971 e. The van der Waals surface area contributed by atoms with Crippen LogP contribution in [-0.2, 0) is 0 Å². The first-order chi connectivity index (χ1) is 11.7. The summed E-state index contributed by atoms with van der Waals surface area (Å²) in [6.07, 6.45) is 21.9. The average molecular weight is 339 g/mol. The van der Waals surface area contributed by atoms with Crippen molar-refractivity contribution in [3.63, 3.8) is 0 Å². The number of quaternary nitrogens is 1. The predicted molar refractivity (Wildman–Crippen MR) is 112 cm³/mol. The maximum absolute atomic E-state index is 4.08. The largest absolute Gasteiger partial charge is 0.320 e. The molecule has 0 saturated carbocycles. The van der Waals surface area contributed by atoms with E-state index in [1.807, 2.05) is 0 Å². The lowest BCUT2D eigenvalue weighted by molar-refractivity contribution is -0.923. The molecule has 0 radical (unpaired) electrons. The summed E-state index contributed by atoms with van der Waals surface area (Å²) in [4.78, 5) is 0. The Morgan fingerprint density at radius 3 is 1.33 bits per heavy atom. The average Bonchev–Trinajstić information content (AvgIpc) is 2.59. The molecule has 1 heteroatoms. The van der Waals surface area contributed by atoms with Gasteiger partial charge in [0.25, 0.3) is 0 Å². The van der Waals surface area contributed by atoms with Gasteiger partial charge in [0.2, 0.25) is 0 Å². The molecule has 0 bridgehead atoms. The normalized spacial score (nSPS) is 11.8. The minimum atomic E-state index is 1.18. The molecule has 0 aromatic rings. The maximum Gasteiger partial charge on any atom is 0.0971 e. The molecule has 24 heavy (non-hydrogen) atoms. The summed E-state index contributed by atoms with van der Waals surface area (Å²) in [5.41, 5.74) is 0. The van der Waals surface area contributed by atoms with Crippen molar-refractivity contribution in [2.24, 2.45) is 0 Å². The molecule has 0 fully saturated rings. The molecule has 0 aliphatic carbocycles. The van der Waals surface area contributed by atoms with E-state index in [0.29, 0.717) is 0 Å². The van der Waals surface area contributed by atoms with E-state index < -0.39 is 0 Å². The van der Waals surface area contributed by atoms with Crippen LogP contribution in [-0.4, -0.2) is 30.7 Å². The van der Waals surface area contributed by atoms with Gasteiger partial charge in [-0.2, -0.15) is 0 Å². The van der Waals surface area contributed by atoms with Crippen molar-refractivity contribution < 1.29 is 4.48 Å². The Labute approximate surface area is 154 Å². The van der Waals surface area contributed by atoms with Crippen LogP contribution in [0.2, 0.25) is 0 Å². The monoisotopic (exact) mass is 338 g/mol. The van der Waals surface area contributed by atoms with E-state index in [2.05, 4.69) is 33.4 Å². The number of hydrogen-bond donors (Lipinski definition) is 0. The van der Waals surface area contributed by atoms with Gasteiger partial charge in [-0.25, -0.2) is 0 Å². The lowest BCUT2D eigenvalue weighted by atomic mass is 10.1. The van der Waals surface area contributed by atoms with E-state index in [9.17, 15) is 0 Å². The van der Waals surface area contributed by atoms with Crippen molar-refractivity contribution in [2.75, 3.05) is 26.2 Å². The van der Waals surface area contributed by atoms with E-state index in [1.165, 1.54) is 121 Å². The molecular weight excluding hydrogens is 290 g/mol. The Bertz CT molecular complexity index is 243. The molecule has 0 rings (SSSR count). The molecule has 0 heterocycles. The van der Waals surface area contributed by atoms with Gasteiger partial charge >= 0.3 is 0 Å². The quantitative estimate of drug-likeness (QED) is 0.130. The van der Waals surface area contributed by atoms with Crippen molar-refractivity contribution in [3.05, 3.63) is 12.7 Å². The van der Waals surface area contributed by atoms with Crippen LogP contribution in [0.3, 0.4) is 0 Å². The fourth-order valence-electron chi connectivity index (χ4n) is 3.83. The van der Waals surface area contributed by atoms with Crippen molar-refractivity contribution in [2.45, 2.75) is 111 Å². The van der Waals surface area contributed by atoms with Crippen LogP contribution in [0, 0.1) is 0 Å². The van der Waals surface area contributed by atoms with Gasteiger partial charge in [0.15, 0.2) is 0 Å². The summed E-state index contributed by atoms with van der Waals surface area (Å²) in [6.45, 7) is 16.3. The van der Waals surface area contributed by atoms with Gasteiger partial charge in [-0.15, -0.1) is 0 Å². The zero-order valence-electron chi connectivity index (χ0n) is 17.5. The second-order valence-corrected chi connectivity index (χ2v) is 7.87. The van der Waals surface area contributed by atoms with E-state index in [0.717, 1.165) is 0 Å². The third-order valence-electron chi connectivity index (χ3n) is 5.47. The number of hydrogen-bond acceptors (Lipinski definition) is 0. The molecule has 0 atom stereocenters. The molecule has 1 nitrogen and oxygen atoms in total. The SMILES string of the molecule is C=CC[N+](CCCC)(CCCCCCCC)CCCCCCCC. The van der Waals surface area contributed by atoms with Crippen molar-refractivity contribution >= 4 is 0 Å². The standard InChI is InChI=1S/C23H48N/c1-5-9-12-14-16-18-22-24(20-8-4,21-11-7-3)23-19-17-15-13-10-6-2/h8H,4-7,9-23H2,1-3H3/q+1. The third kappa shape index (κ3) is 13.0. The fourth-order valence-corrected chi connectivity index (χ4v) is 3.83. The molecule has 0 N–H and O–H groups in total. The Kier molecular flexibility index (Phi) is 17.3. The molecule has 0 aliphatic rings. The fraction of sp³-hybridized carbons (Fsp3) is 0.913. The van der Waals surface area contributed by atoms with Gasteiger partial charge in [0, 0.05) is 0 Å². The summed E-state index contributed by atoms with van der Waals surface area (Å²) >= 11 is 0. The van der Waals surface area contributed by atoms with E-state index in [1.54, 1.807) is 0 Å². The molecular formula is C23H48N+. The highest BCUT2D eigenvalue weighted by Gasteiger charge is 2.24. The minimum absolute atomic E-state index is 1.18. The highest BCUT2D eigenvalue weighted by Crippen LogP contribution is 2.17. The lowest BCUT2D eigenvalue weighted by Crippen LogP contribution is -2.50. The number of unbranched alkanes of at least 4 members (excludes halogenated alkanes) is 11. The first kappa shape index (κ1) is 23.7. The number of nitrogens with zero attached hydrogens (tertiary/aromatic N) is 1. The van der Waals surface area contributed by atoms with E-state index >= 15 is 0 Å². The molecule has 0 spiro atoms. The Balaban J connectivity index is 4.25. The molecule has 0 amide bonds. The van der Waals surface area contributed by atoms with Crippen LogP contribution in [0.25, 0.3) is 0 Å². The van der Waals surface area contributed by atoms with Crippen molar-refractivity contribution in [1.82, 2.24) is 0 Å². The third-order valence-corrected chi connectivity index (χ3v) is 5.47. The first-order valence-corrected chi connectivity index (χ1v) is 11.2. The van der Waals surface area contributed by atoms with Gasteiger partial charge < -0.3 is 4.48 Å². The molecule has 0 aliphatic heterocycles. The van der Waals surface area contributed by atoms with E-state index in [4.69, 9.17) is 0 Å². The van der Waals surface area contributed by atoms with Gasteiger partial charge in [0.05, 0.1) is 26.2 Å². The van der Waals surface area contributed by atoms with Gasteiger partial charge in [0.1, 0.15) is 0 Å². The number of rotatable bonds is 19. The summed E-state index contributed by atoms with van der Waals surface area (Å²) in [5, 5.41) is 0. The maximum atomic E-state index is 4.08. The van der Waals surface area contributed by atoms with Crippen LogP contribution < -0.4 is 0 Å². The second-order valence-electron chi connectivity index (χ2n) is 7.87. The van der Waals surface area contributed by atoms with Crippen LogP contribution >= 0.6 is 0 Å². The minimum Gasteiger partial charge on any atom is -0.320 e. The lowest BCUT2D eigenvalue weighted by Gasteiger charge is -2.38. The molecule has 0 saturated heterocycles. The molecule has 0 aromatic carbocycles. The summed E-state index contributed by atoms with van der Waals surface area (Å²) < 4.78 is 1.32. The zero-order valence-corrected chi connectivity index (χ0v) is 17.5. The Morgan fingerprint density at radius 2 is 0.917 bits per heavy atom. The van der Waals surface area contributed by atoms with Gasteiger partial charge in [-0.05, 0) is 38.2 Å².